The van der Waals surface area contributed by atoms with Gasteiger partial charge in [-0.25, -0.2) is 0 Å². The summed E-state index contributed by atoms with van der Waals surface area (Å²) >= 11 is 0. The van der Waals surface area contributed by atoms with Gasteiger partial charge in [-0.1, -0.05) is 36.4 Å². The Morgan fingerprint density at radius 3 is 1.93 bits per heavy atom. The molecule has 0 fully saturated rings. The second kappa shape index (κ2) is 10.7. The van der Waals surface area contributed by atoms with Crippen molar-refractivity contribution in [2.75, 3.05) is 13.2 Å². The molecule has 0 unspecified atom stereocenters. The molecule has 0 heterocycles. The predicted octanol–water partition coefficient (Wildman–Crippen LogP) is 2.01. The number of ether oxygens (including phenoxy) is 1. The van der Waals surface area contributed by atoms with Gasteiger partial charge in [0.05, 0.1) is 6.61 Å². The van der Waals surface area contributed by atoms with Crippen LogP contribution < -0.4 is 0 Å². The minimum atomic E-state index is -0.230. The first-order valence-electron chi connectivity index (χ1n) is 5.07. The van der Waals surface area contributed by atoms with Crippen LogP contribution >= 0.6 is 0 Å². The quantitative estimate of drug-likeness (QED) is 0.773. The van der Waals surface area contributed by atoms with Gasteiger partial charge < -0.3 is 9.84 Å². The Morgan fingerprint density at radius 1 is 1.13 bits per heavy atom. The number of carbonyl (C=O) groups is 1. The van der Waals surface area contributed by atoms with Gasteiger partial charge in [0.25, 0.3) is 0 Å². The van der Waals surface area contributed by atoms with Crippen molar-refractivity contribution in [2.24, 2.45) is 0 Å². The zero-order valence-electron chi connectivity index (χ0n) is 9.06. The van der Waals surface area contributed by atoms with Gasteiger partial charge in [0.1, 0.15) is 0 Å². The third-order valence-electron chi connectivity index (χ3n) is 1.51. The standard InChI is InChI=1S/C6H12O3.C6H6/c1-2-9-6(8)4-3-5-7;1-2-4-6-5-3-1/h7H,2-5H2,1H3;1-6H. The topological polar surface area (TPSA) is 46.5 Å². The Labute approximate surface area is 90.7 Å². The van der Waals surface area contributed by atoms with Crippen molar-refractivity contribution in [3.63, 3.8) is 0 Å². The molecule has 15 heavy (non-hydrogen) atoms. The molecule has 3 nitrogen and oxygen atoms in total. The molecular weight excluding hydrogens is 192 g/mol. The van der Waals surface area contributed by atoms with Crippen molar-refractivity contribution in [3.8, 4) is 0 Å². The predicted molar refractivity (Wildman–Crippen MR) is 59.4 cm³/mol. The Hall–Kier alpha value is -1.35. The maximum atomic E-state index is 10.5. The lowest BCUT2D eigenvalue weighted by Gasteiger charge is -1.97. The summed E-state index contributed by atoms with van der Waals surface area (Å²) in [5.74, 6) is -0.230. The molecule has 0 amide bonds. The molecule has 0 saturated carbocycles. The molecular formula is C12H18O3. The molecule has 1 aromatic rings. The molecule has 0 atom stereocenters. The van der Waals surface area contributed by atoms with Crippen molar-refractivity contribution in [3.05, 3.63) is 36.4 Å². The summed E-state index contributed by atoms with van der Waals surface area (Å²) in [5, 5.41) is 8.28. The lowest BCUT2D eigenvalue weighted by molar-refractivity contribution is -0.143. The van der Waals surface area contributed by atoms with E-state index in [0.29, 0.717) is 19.4 Å². The molecule has 0 aliphatic heterocycles. The second-order valence-electron chi connectivity index (χ2n) is 2.79. The highest BCUT2D eigenvalue weighted by Gasteiger charge is 1.97. The van der Waals surface area contributed by atoms with Crippen LogP contribution in [0.4, 0.5) is 0 Å². The van der Waals surface area contributed by atoms with Crippen molar-refractivity contribution >= 4 is 5.97 Å². The number of esters is 1. The van der Waals surface area contributed by atoms with Crippen molar-refractivity contribution < 1.29 is 14.6 Å². The van der Waals surface area contributed by atoms with Crippen LogP contribution in [0.2, 0.25) is 0 Å². The van der Waals surface area contributed by atoms with Crippen molar-refractivity contribution in [2.45, 2.75) is 19.8 Å². The molecule has 0 bridgehead atoms. The summed E-state index contributed by atoms with van der Waals surface area (Å²) in [6.07, 6.45) is 0.823. The van der Waals surface area contributed by atoms with E-state index >= 15 is 0 Å². The van der Waals surface area contributed by atoms with E-state index in [1.54, 1.807) is 6.92 Å². The highest BCUT2D eigenvalue weighted by atomic mass is 16.5. The average Bonchev–Trinajstić information content (AvgIpc) is 2.30. The van der Waals surface area contributed by atoms with Gasteiger partial charge in [0.2, 0.25) is 0 Å². The van der Waals surface area contributed by atoms with E-state index in [2.05, 4.69) is 4.74 Å². The van der Waals surface area contributed by atoms with Crippen LogP contribution in [0.25, 0.3) is 0 Å². The number of carbonyl (C=O) groups excluding carboxylic acids is 1. The maximum absolute atomic E-state index is 10.5. The van der Waals surface area contributed by atoms with Gasteiger partial charge in [-0.05, 0) is 13.3 Å². The third-order valence-corrected chi connectivity index (χ3v) is 1.51. The second-order valence-corrected chi connectivity index (χ2v) is 2.79. The van der Waals surface area contributed by atoms with Gasteiger partial charge in [-0.15, -0.1) is 0 Å². The van der Waals surface area contributed by atoms with Crippen molar-refractivity contribution in [1.82, 2.24) is 0 Å². The summed E-state index contributed by atoms with van der Waals surface area (Å²) < 4.78 is 4.59. The molecule has 1 N–H and O–H groups in total. The van der Waals surface area contributed by atoms with E-state index in [4.69, 9.17) is 5.11 Å². The number of aliphatic hydroxyl groups excluding tert-OH is 1. The lowest BCUT2D eigenvalue weighted by Crippen LogP contribution is -2.03. The fourth-order valence-corrected chi connectivity index (χ4v) is 0.841. The van der Waals surface area contributed by atoms with Gasteiger partial charge in [-0.3, -0.25) is 4.79 Å². The summed E-state index contributed by atoms with van der Waals surface area (Å²) in [5.41, 5.74) is 0. The Bertz CT molecular complexity index is 207. The molecule has 0 spiro atoms. The zero-order chi connectivity index (χ0) is 11.4. The van der Waals surface area contributed by atoms with E-state index in [1.807, 2.05) is 36.4 Å². The van der Waals surface area contributed by atoms with Gasteiger partial charge >= 0.3 is 5.97 Å². The molecule has 3 heteroatoms. The number of hydrogen-bond donors (Lipinski definition) is 1. The maximum Gasteiger partial charge on any atom is 0.305 e. The average molecular weight is 210 g/mol. The molecule has 84 valence electrons. The van der Waals surface area contributed by atoms with Crippen LogP contribution in [-0.2, 0) is 9.53 Å². The zero-order valence-corrected chi connectivity index (χ0v) is 9.06. The summed E-state index contributed by atoms with van der Waals surface area (Å²) in [7, 11) is 0. The molecule has 0 radical (unpaired) electrons. The first-order valence-corrected chi connectivity index (χ1v) is 5.07. The fraction of sp³-hybridized carbons (Fsp3) is 0.417. The molecule has 0 aliphatic carbocycles. The smallest absolute Gasteiger partial charge is 0.305 e. The van der Waals surface area contributed by atoms with Crippen molar-refractivity contribution in [1.29, 1.82) is 0 Å². The number of aliphatic hydroxyl groups is 1. The lowest BCUT2D eigenvalue weighted by atomic mass is 10.3. The molecule has 1 aromatic carbocycles. The third kappa shape index (κ3) is 10.6. The van der Waals surface area contributed by atoms with E-state index in [0.717, 1.165) is 0 Å². The van der Waals surface area contributed by atoms with Gasteiger partial charge in [-0.2, -0.15) is 0 Å². The summed E-state index contributed by atoms with van der Waals surface area (Å²) in [6, 6.07) is 12.0. The van der Waals surface area contributed by atoms with E-state index in [-0.39, 0.29) is 12.6 Å². The van der Waals surface area contributed by atoms with E-state index < -0.39 is 0 Å². The minimum absolute atomic E-state index is 0.0544. The largest absolute Gasteiger partial charge is 0.466 e. The molecule has 0 saturated heterocycles. The molecule has 1 rings (SSSR count). The van der Waals surface area contributed by atoms with E-state index in [1.165, 1.54) is 0 Å². The first kappa shape index (κ1) is 13.7. The summed E-state index contributed by atoms with van der Waals surface area (Å²) in [6.45, 7) is 2.24. The van der Waals surface area contributed by atoms with Crippen LogP contribution in [0.3, 0.4) is 0 Å². The van der Waals surface area contributed by atoms with Gasteiger partial charge in [0.15, 0.2) is 0 Å². The van der Waals surface area contributed by atoms with Crippen LogP contribution in [-0.4, -0.2) is 24.3 Å². The van der Waals surface area contributed by atoms with Crippen LogP contribution in [0.5, 0.6) is 0 Å². The Balaban J connectivity index is 0.000000280. The normalized spacial score (nSPS) is 8.67. The fourth-order valence-electron chi connectivity index (χ4n) is 0.841. The number of rotatable bonds is 4. The molecule has 0 aliphatic rings. The van der Waals surface area contributed by atoms with Crippen LogP contribution in [0.1, 0.15) is 19.8 Å². The first-order chi connectivity index (χ1) is 7.31. The Kier molecular flexibility index (Phi) is 9.76. The van der Waals surface area contributed by atoms with Crippen LogP contribution in [0, 0.1) is 0 Å². The highest BCUT2D eigenvalue weighted by Crippen LogP contribution is 1.90. The highest BCUT2D eigenvalue weighted by molar-refractivity contribution is 5.69. The molecule has 0 aromatic heterocycles. The van der Waals surface area contributed by atoms with Crippen LogP contribution in [0.15, 0.2) is 36.4 Å². The number of benzene rings is 1. The number of hydrogen-bond acceptors (Lipinski definition) is 3. The SMILES string of the molecule is CCOC(=O)CCCO.c1ccccc1. The summed E-state index contributed by atoms with van der Waals surface area (Å²) in [4.78, 5) is 10.5. The Morgan fingerprint density at radius 2 is 1.60 bits per heavy atom. The monoisotopic (exact) mass is 210 g/mol. The van der Waals surface area contributed by atoms with Gasteiger partial charge in [0, 0.05) is 13.0 Å². The van der Waals surface area contributed by atoms with E-state index in [9.17, 15) is 4.79 Å². The minimum Gasteiger partial charge on any atom is -0.466 e.